The molecule has 1 aliphatic rings. The molecule has 174 valence electrons. The molecule has 0 unspecified atom stereocenters. The van der Waals surface area contributed by atoms with Crippen molar-refractivity contribution in [3.63, 3.8) is 0 Å². The van der Waals surface area contributed by atoms with Crippen LogP contribution in [0.2, 0.25) is 0 Å². The number of methoxy groups -OCH3 is 1. The van der Waals surface area contributed by atoms with Crippen molar-refractivity contribution in [3.8, 4) is 17.2 Å². The van der Waals surface area contributed by atoms with Crippen LogP contribution in [-0.4, -0.2) is 25.7 Å². The van der Waals surface area contributed by atoms with Crippen LogP contribution in [0.25, 0.3) is 16.8 Å². The van der Waals surface area contributed by atoms with Gasteiger partial charge in [0.2, 0.25) is 6.79 Å². The monoisotopic (exact) mass is 466 g/mol. The quantitative estimate of drug-likeness (QED) is 0.391. The number of amides is 2. The minimum absolute atomic E-state index is 0.0813. The Balaban J connectivity index is 1.44. The van der Waals surface area contributed by atoms with Gasteiger partial charge in [0.15, 0.2) is 11.5 Å². The molecule has 0 fully saturated rings. The van der Waals surface area contributed by atoms with E-state index in [0.717, 1.165) is 10.8 Å². The number of carbonyl (C=O) groups excluding carboxylic acids is 2. The first-order chi connectivity index (χ1) is 17.1. The topological polar surface area (TPSA) is 85.9 Å². The predicted octanol–water partition coefficient (Wildman–Crippen LogP) is 4.99. The third-order valence-electron chi connectivity index (χ3n) is 5.56. The highest BCUT2D eigenvalue weighted by molar-refractivity contribution is 6.11. The second-order valence-electron chi connectivity index (χ2n) is 7.87. The van der Waals surface area contributed by atoms with Gasteiger partial charge in [0.25, 0.3) is 11.8 Å². The molecular weight excluding hydrogens is 444 g/mol. The molecule has 2 N–H and O–H groups in total. The molecule has 0 saturated carbocycles. The number of ether oxygens (including phenoxy) is 3. The Labute approximate surface area is 201 Å². The average Bonchev–Trinajstić information content (AvgIpc) is 3.36. The summed E-state index contributed by atoms with van der Waals surface area (Å²) in [5.74, 6) is 0.959. The fourth-order valence-electron chi connectivity index (χ4n) is 3.73. The zero-order valence-corrected chi connectivity index (χ0v) is 18.9. The molecule has 4 aromatic rings. The summed E-state index contributed by atoms with van der Waals surface area (Å²) in [6.45, 7) is 0.145. The van der Waals surface area contributed by atoms with E-state index >= 15 is 0 Å². The highest BCUT2D eigenvalue weighted by atomic mass is 16.7. The van der Waals surface area contributed by atoms with Gasteiger partial charge in [-0.3, -0.25) is 9.59 Å². The number of anilines is 1. The largest absolute Gasteiger partial charge is 0.497 e. The lowest BCUT2D eigenvalue weighted by Crippen LogP contribution is -2.30. The van der Waals surface area contributed by atoms with Gasteiger partial charge in [-0.1, -0.05) is 36.4 Å². The fourth-order valence-corrected chi connectivity index (χ4v) is 3.73. The maximum atomic E-state index is 13.3. The minimum Gasteiger partial charge on any atom is -0.497 e. The summed E-state index contributed by atoms with van der Waals surface area (Å²) in [6, 6.07) is 25.5. The van der Waals surface area contributed by atoms with Crippen molar-refractivity contribution in [2.75, 3.05) is 19.2 Å². The van der Waals surface area contributed by atoms with E-state index in [1.165, 1.54) is 0 Å². The first kappa shape index (κ1) is 22.0. The van der Waals surface area contributed by atoms with Crippen molar-refractivity contribution < 1.29 is 23.8 Å². The van der Waals surface area contributed by atoms with Crippen LogP contribution in [0.5, 0.6) is 17.2 Å². The van der Waals surface area contributed by atoms with Gasteiger partial charge < -0.3 is 24.8 Å². The lowest BCUT2D eigenvalue weighted by atomic mass is 10.1. The van der Waals surface area contributed by atoms with E-state index in [1.807, 2.05) is 42.5 Å². The van der Waals surface area contributed by atoms with Crippen LogP contribution in [0.4, 0.5) is 5.69 Å². The van der Waals surface area contributed by atoms with Crippen LogP contribution in [0.3, 0.4) is 0 Å². The third kappa shape index (κ3) is 4.94. The first-order valence-corrected chi connectivity index (χ1v) is 11.0. The van der Waals surface area contributed by atoms with Crippen molar-refractivity contribution in [3.05, 3.63) is 102 Å². The summed E-state index contributed by atoms with van der Waals surface area (Å²) in [7, 11) is 1.55. The van der Waals surface area contributed by atoms with Gasteiger partial charge >= 0.3 is 0 Å². The van der Waals surface area contributed by atoms with E-state index in [0.29, 0.717) is 34.1 Å². The van der Waals surface area contributed by atoms with Gasteiger partial charge in [-0.15, -0.1) is 0 Å². The lowest BCUT2D eigenvalue weighted by Gasteiger charge is -2.12. The standard InChI is InChI=1S/C28H22N2O5/c1-33-23-11-8-20(9-12-23)27(31)30-24(14-18-6-13-25-26(15-18)35-17-34-25)28(32)29-22-10-7-19-4-2-3-5-21(19)16-22/h2-16H,17H2,1H3,(H,29,32)(H,30,31). The van der Waals surface area contributed by atoms with E-state index in [9.17, 15) is 9.59 Å². The summed E-state index contributed by atoms with van der Waals surface area (Å²) < 4.78 is 15.9. The molecule has 1 aliphatic heterocycles. The van der Waals surface area contributed by atoms with E-state index in [1.54, 1.807) is 55.7 Å². The Morgan fingerprint density at radius 1 is 0.857 bits per heavy atom. The lowest BCUT2D eigenvalue weighted by molar-refractivity contribution is -0.113. The molecule has 0 aromatic heterocycles. The Morgan fingerprint density at radius 2 is 1.63 bits per heavy atom. The Bertz CT molecular complexity index is 1440. The average molecular weight is 466 g/mol. The van der Waals surface area contributed by atoms with E-state index < -0.39 is 11.8 Å². The molecule has 1 heterocycles. The minimum atomic E-state index is -0.459. The summed E-state index contributed by atoms with van der Waals surface area (Å²) in [6.07, 6.45) is 1.60. The third-order valence-corrected chi connectivity index (χ3v) is 5.56. The van der Waals surface area contributed by atoms with Crippen molar-refractivity contribution in [2.24, 2.45) is 0 Å². The van der Waals surface area contributed by atoms with Gasteiger partial charge in [-0.2, -0.15) is 0 Å². The molecule has 0 bridgehead atoms. The molecule has 35 heavy (non-hydrogen) atoms. The Morgan fingerprint density at radius 3 is 2.43 bits per heavy atom. The molecular formula is C28H22N2O5. The Kier molecular flexibility index (Phi) is 6.05. The second kappa shape index (κ2) is 9.61. The van der Waals surface area contributed by atoms with Crippen molar-refractivity contribution in [1.82, 2.24) is 5.32 Å². The van der Waals surface area contributed by atoms with Gasteiger partial charge in [0, 0.05) is 11.3 Å². The zero-order chi connectivity index (χ0) is 24.2. The van der Waals surface area contributed by atoms with Crippen LogP contribution in [0, 0.1) is 0 Å². The zero-order valence-electron chi connectivity index (χ0n) is 18.9. The number of benzene rings is 4. The molecule has 0 radical (unpaired) electrons. The first-order valence-electron chi connectivity index (χ1n) is 11.0. The summed E-state index contributed by atoms with van der Waals surface area (Å²) in [4.78, 5) is 26.2. The SMILES string of the molecule is COc1ccc(C(=O)NC(=Cc2ccc3c(c2)OCO3)C(=O)Nc2ccc3ccccc3c2)cc1. The van der Waals surface area contributed by atoms with Crippen molar-refractivity contribution in [2.45, 2.75) is 0 Å². The van der Waals surface area contributed by atoms with E-state index in [-0.39, 0.29) is 12.5 Å². The molecule has 0 saturated heterocycles. The van der Waals surface area contributed by atoms with Crippen LogP contribution >= 0.6 is 0 Å². The summed E-state index contributed by atoms with van der Waals surface area (Å²) >= 11 is 0. The predicted molar refractivity (Wildman–Crippen MR) is 134 cm³/mol. The number of fused-ring (bicyclic) bond motifs is 2. The Hall–Kier alpha value is -4.78. The van der Waals surface area contributed by atoms with E-state index in [2.05, 4.69) is 10.6 Å². The molecule has 0 atom stereocenters. The number of nitrogens with one attached hydrogen (secondary N) is 2. The molecule has 0 spiro atoms. The highest BCUT2D eigenvalue weighted by Gasteiger charge is 2.17. The molecule has 2 amide bonds. The van der Waals surface area contributed by atoms with Gasteiger partial charge in [-0.05, 0) is 70.9 Å². The van der Waals surface area contributed by atoms with Crippen LogP contribution in [0.15, 0.2) is 90.6 Å². The van der Waals surface area contributed by atoms with E-state index in [4.69, 9.17) is 14.2 Å². The molecule has 5 rings (SSSR count). The maximum Gasteiger partial charge on any atom is 0.272 e. The van der Waals surface area contributed by atoms with Crippen molar-refractivity contribution in [1.29, 1.82) is 0 Å². The van der Waals surface area contributed by atoms with Gasteiger partial charge in [0.1, 0.15) is 11.4 Å². The van der Waals surface area contributed by atoms with Crippen LogP contribution in [-0.2, 0) is 4.79 Å². The molecule has 7 heteroatoms. The van der Waals surface area contributed by atoms with Crippen molar-refractivity contribution >= 4 is 34.4 Å². The maximum absolute atomic E-state index is 13.3. The van der Waals surface area contributed by atoms with Crippen LogP contribution in [0.1, 0.15) is 15.9 Å². The smallest absolute Gasteiger partial charge is 0.272 e. The molecule has 0 aliphatic carbocycles. The van der Waals surface area contributed by atoms with Gasteiger partial charge in [-0.25, -0.2) is 0 Å². The summed E-state index contributed by atoms with van der Waals surface area (Å²) in [5, 5.41) is 7.68. The summed E-state index contributed by atoms with van der Waals surface area (Å²) in [5.41, 5.74) is 1.76. The molecule has 7 nitrogen and oxygen atoms in total. The highest BCUT2D eigenvalue weighted by Crippen LogP contribution is 2.33. The fraction of sp³-hybridized carbons (Fsp3) is 0.0714. The van der Waals surface area contributed by atoms with Gasteiger partial charge in [0.05, 0.1) is 7.11 Å². The normalized spacial score (nSPS) is 12.3. The number of rotatable bonds is 6. The number of hydrogen-bond acceptors (Lipinski definition) is 5. The van der Waals surface area contributed by atoms with Crippen LogP contribution < -0.4 is 24.8 Å². The second-order valence-corrected chi connectivity index (χ2v) is 7.87. The number of hydrogen-bond donors (Lipinski definition) is 2. The number of carbonyl (C=O) groups is 2. The molecule has 4 aromatic carbocycles.